The van der Waals surface area contributed by atoms with E-state index in [-0.39, 0.29) is 17.9 Å². The van der Waals surface area contributed by atoms with E-state index in [1.165, 1.54) is 17.3 Å². The molecule has 1 amide bonds. The van der Waals surface area contributed by atoms with Gasteiger partial charge in [-0.15, -0.1) is 0 Å². The average Bonchev–Trinajstić information content (AvgIpc) is 2.57. The Hall–Kier alpha value is -2.08. The third-order valence-electron chi connectivity index (χ3n) is 3.61. The average molecular weight is 345 g/mol. The molecule has 128 valence electrons. The third kappa shape index (κ3) is 5.53. The van der Waals surface area contributed by atoms with Gasteiger partial charge in [0.25, 0.3) is 5.56 Å². The summed E-state index contributed by atoms with van der Waals surface area (Å²) in [5.74, 6) is 0.601. The zero-order chi connectivity index (χ0) is 17.4. The van der Waals surface area contributed by atoms with Crippen LogP contribution < -0.4 is 10.9 Å². The van der Waals surface area contributed by atoms with Crippen molar-refractivity contribution in [2.75, 3.05) is 6.54 Å². The van der Waals surface area contributed by atoms with Gasteiger partial charge in [-0.2, -0.15) is 0 Å². The lowest BCUT2D eigenvalue weighted by Gasteiger charge is -2.08. The van der Waals surface area contributed by atoms with Crippen LogP contribution in [0, 0.1) is 6.92 Å². The molecule has 2 aromatic rings. The number of rotatable bonds is 8. The van der Waals surface area contributed by atoms with Gasteiger partial charge in [0.1, 0.15) is 0 Å². The Kier molecular flexibility index (Phi) is 7.06. The minimum Gasteiger partial charge on any atom is -0.356 e. The normalized spacial score (nSPS) is 10.6. The molecule has 2 N–H and O–H groups in total. The van der Waals surface area contributed by atoms with Crippen molar-refractivity contribution in [3.05, 3.63) is 57.5 Å². The van der Waals surface area contributed by atoms with Crippen LogP contribution in [0.2, 0.25) is 0 Å². The highest BCUT2D eigenvalue weighted by atomic mass is 32.2. The molecule has 24 heavy (non-hydrogen) atoms. The summed E-state index contributed by atoms with van der Waals surface area (Å²) >= 11 is 1.48. The van der Waals surface area contributed by atoms with E-state index in [2.05, 4.69) is 22.2 Å². The van der Waals surface area contributed by atoms with Gasteiger partial charge in [0.2, 0.25) is 5.91 Å². The van der Waals surface area contributed by atoms with Crippen molar-refractivity contribution >= 4 is 17.7 Å². The fourth-order valence-electron chi connectivity index (χ4n) is 2.21. The molecule has 2 rings (SSSR count). The number of aryl methyl sites for hydroxylation is 1. The Labute approximate surface area is 146 Å². The molecular weight excluding hydrogens is 322 g/mol. The monoisotopic (exact) mass is 345 g/mol. The highest BCUT2D eigenvalue weighted by molar-refractivity contribution is 7.98. The van der Waals surface area contributed by atoms with E-state index in [4.69, 9.17) is 0 Å². The molecule has 0 fully saturated rings. The number of nitrogens with zero attached hydrogens (tertiary/aromatic N) is 1. The highest BCUT2D eigenvalue weighted by Gasteiger charge is 2.12. The molecule has 6 heteroatoms. The molecule has 1 aromatic heterocycles. The van der Waals surface area contributed by atoms with E-state index in [1.54, 1.807) is 6.92 Å². The molecule has 0 aliphatic rings. The first-order valence-electron chi connectivity index (χ1n) is 8.13. The predicted octanol–water partition coefficient (Wildman–Crippen LogP) is 2.83. The minimum atomic E-state index is -0.233. The van der Waals surface area contributed by atoms with Crippen LogP contribution in [-0.4, -0.2) is 22.4 Å². The summed E-state index contributed by atoms with van der Waals surface area (Å²) in [5, 5.41) is 3.40. The van der Waals surface area contributed by atoms with Crippen molar-refractivity contribution in [3.63, 3.8) is 0 Å². The molecule has 0 spiro atoms. The molecule has 0 saturated heterocycles. The second-order valence-corrected chi connectivity index (χ2v) is 6.55. The summed E-state index contributed by atoms with van der Waals surface area (Å²) in [6, 6.07) is 10.0. The SMILES string of the molecule is CCCCNC(=O)Cc1c(C)nc(SCc2ccccc2)[nH]c1=O. The second-order valence-electron chi connectivity index (χ2n) is 5.59. The molecule has 5 nitrogen and oxygen atoms in total. The highest BCUT2D eigenvalue weighted by Crippen LogP contribution is 2.18. The molecule has 0 atom stereocenters. The summed E-state index contributed by atoms with van der Waals surface area (Å²) < 4.78 is 0. The van der Waals surface area contributed by atoms with Gasteiger partial charge < -0.3 is 10.3 Å². The molecule has 0 unspecified atom stereocenters. The number of amides is 1. The minimum absolute atomic E-state index is 0.0709. The Bertz CT molecular complexity index is 729. The number of carbonyl (C=O) groups is 1. The third-order valence-corrected chi connectivity index (χ3v) is 4.55. The number of hydrogen-bond donors (Lipinski definition) is 2. The summed E-state index contributed by atoms with van der Waals surface area (Å²) in [7, 11) is 0. The fraction of sp³-hybridized carbons (Fsp3) is 0.389. The zero-order valence-electron chi connectivity index (χ0n) is 14.1. The number of nitrogens with one attached hydrogen (secondary N) is 2. The largest absolute Gasteiger partial charge is 0.356 e. The summed E-state index contributed by atoms with van der Waals surface area (Å²) in [4.78, 5) is 31.3. The van der Waals surface area contributed by atoms with Crippen molar-refractivity contribution < 1.29 is 4.79 Å². The molecule has 0 aliphatic carbocycles. The topological polar surface area (TPSA) is 74.8 Å². The lowest BCUT2D eigenvalue weighted by Crippen LogP contribution is -2.29. The summed E-state index contributed by atoms with van der Waals surface area (Å²) in [6.07, 6.45) is 2.03. The van der Waals surface area contributed by atoms with E-state index in [9.17, 15) is 9.59 Å². The molecule has 0 saturated carbocycles. The van der Waals surface area contributed by atoms with E-state index in [0.717, 1.165) is 18.6 Å². The van der Waals surface area contributed by atoms with Crippen molar-refractivity contribution in [2.24, 2.45) is 0 Å². The van der Waals surface area contributed by atoms with Crippen molar-refractivity contribution in [1.29, 1.82) is 0 Å². The van der Waals surface area contributed by atoms with Crippen molar-refractivity contribution in [2.45, 2.75) is 44.0 Å². The quantitative estimate of drug-likeness (QED) is 0.438. The maximum atomic E-state index is 12.2. The summed E-state index contributed by atoms with van der Waals surface area (Å²) in [5.41, 5.74) is 1.99. The maximum absolute atomic E-state index is 12.2. The number of hydrogen-bond acceptors (Lipinski definition) is 4. The van der Waals surface area contributed by atoms with Gasteiger partial charge in [-0.3, -0.25) is 9.59 Å². The van der Waals surface area contributed by atoms with Gasteiger partial charge in [0.15, 0.2) is 5.16 Å². The number of aromatic amines is 1. The van der Waals surface area contributed by atoms with Crippen LogP contribution in [0.4, 0.5) is 0 Å². The number of unbranched alkanes of at least 4 members (excludes halogenated alkanes) is 1. The zero-order valence-corrected chi connectivity index (χ0v) is 14.9. The second kappa shape index (κ2) is 9.27. The Morgan fingerprint density at radius 1 is 1.29 bits per heavy atom. The molecule has 0 radical (unpaired) electrons. The number of thioether (sulfide) groups is 1. The lowest BCUT2D eigenvalue weighted by molar-refractivity contribution is -0.120. The van der Waals surface area contributed by atoms with Gasteiger partial charge in [-0.1, -0.05) is 55.4 Å². The first-order chi connectivity index (χ1) is 11.6. The van der Waals surface area contributed by atoms with E-state index in [0.29, 0.717) is 23.0 Å². The van der Waals surface area contributed by atoms with Gasteiger partial charge in [-0.05, 0) is 18.9 Å². The van der Waals surface area contributed by atoms with Crippen molar-refractivity contribution in [3.8, 4) is 0 Å². The van der Waals surface area contributed by atoms with Crippen LogP contribution in [0.15, 0.2) is 40.3 Å². The van der Waals surface area contributed by atoms with Crippen LogP contribution in [0.1, 0.15) is 36.6 Å². The van der Waals surface area contributed by atoms with Crippen LogP contribution in [-0.2, 0) is 17.0 Å². The van der Waals surface area contributed by atoms with Gasteiger partial charge in [0.05, 0.1) is 6.42 Å². The molecule has 1 heterocycles. The van der Waals surface area contributed by atoms with Crippen LogP contribution in [0.5, 0.6) is 0 Å². The molecule has 1 aromatic carbocycles. The number of aromatic nitrogens is 2. The standard InChI is InChI=1S/C18H23N3O2S/c1-3-4-10-19-16(22)11-15-13(2)20-18(21-17(15)23)24-12-14-8-6-5-7-9-14/h5-9H,3-4,10-12H2,1-2H3,(H,19,22)(H,20,21,23). The Morgan fingerprint density at radius 3 is 2.71 bits per heavy atom. The number of benzene rings is 1. The van der Waals surface area contributed by atoms with E-state index >= 15 is 0 Å². The van der Waals surface area contributed by atoms with Crippen LogP contribution in [0.25, 0.3) is 0 Å². The smallest absolute Gasteiger partial charge is 0.255 e. The number of carbonyl (C=O) groups excluding carboxylic acids is 1. The Morgan fingerprint density at radius 2 is 2.04 bits per heavy atom. The first-order valence-corrected chi connectivity index (χ1v) is 9.12. The fourth-order valence-corrected chi connectivity index (χ4v) is 3.08. The van der Waals surface area contributed by atoms with Gasteiger partial charge >= 0.3 is 0 Å². The van der Waals surface area contributed by atoms with Crippen LogP contribution >= 0.6 is 11.8 Å². The molecule has 0 aliphatic heterocycles. The number of H-pyrrole nitrogens is 1. The van der Waals surface area contributed by atoms with Gasteiger partial charge in [0, 0.05) is 23.6 Å². The maximum Gasteiger partial charge on any atom is 0.255 e. The van der Waals surface area contributed by atoms with E-state index < -0.39 is 0 Å². The summed E-state index contributed by atoms with van der Waals surface area (Å²) in [6.45, 7) is 4.48. The Balaban J connectivity index is 2.00. The van der Waals surface area contributed by atoms with E-state index in [1.807, 2.05) is 30.3 Å². The first kappa shape index (κ1) is 18.3. The van der Waals surface area contributed by atoms with Crippen LogP contribution in [0.3, 0.4) is 0 Å². The lowest BCUT2D eigenvalue weighted by atomic mass is 10.1. The van der Waals surface area contributed by atoms with Crippen molar-refractivity contribution in [1.82, 2.24) is 15.3 Å². The molecule has 0 bridgehead atoms. The molecular formula is C18H23N3O2S. The van der Waals surface area contributed by atoms with Gasteiger partial charge in [-0.25, -0.2) is 4.98 Å². The predicted molar refractivity (Wildman–Crippen MR) is 97.2 cm³/mol.